The first kappa shape index (κ1) is 14.7. The van der Waals surface area contributed by atoms with Gasteiger partial charge in [-0.25, -0.2) is 0 Å². The van der Waals surface area contributed by atoms with Crippen LogP contribution in [0, 0.1) is 17.2 Å². The molecule has 0 aromatic heterocycles. The van der Waals surface area contributed by atoms with E-state index in [1.54, 1.807) is 0 Å². The maximum Gasteiger partial charge on any atom is 0.241 e. The summed E-state index contributed by atoms with van der Waals surface area (Å²) in [6.07, 6.45) is 6.03. The number of likely N-dealkylation sites (tertiary alicyclic amines) is 1. The monoisotopic (exact) mass is 309 g/mol. The lowest BCUT2D eigenvalue weighted by molar-refractivity contribution is -0.135. The summed E-state index contributed by atoms with van der Waals surface area (Å²) in [4.78, 5) is 15.0. The van der Waals surface area contributed by atoms with Gasteiger partial charge in [-0.3, -0.25) is 4.79 Å². The van der Waals surface area contributed by atoms with Crippen LogP contribution in [0.3, 0.4) is 0 Å². The molecule has 0 radical (unpaired) electrons. The van der Waals surface area contributed by atoms with E-state index in [1.807, 2.05) is 23.1 Å². The molecule has 2 saturated carbocycles. The summed E-state index contributed by atoms with van der Waals surface area (Å²) in [5.41, 5.74) is 7.49. The summed E-state index contributed by atoms with van der Waals surface area (Å²) in [7, 11) is 0. The molecular formula is C19H23N3O. The number of piperidine rings is 1. The third-order valence-electron chi connectivity index (χ3n) is 6.21. The van der Waals surface area contributed by atoms with E-state index in [1.165, 1.54) is 5.56 Å². The molecule has 4 unspecified atom stereocenters. The summed E-state index contributed by atoms with van der Waals surface area (Å²) in [5.74, 6) is 0.527. The quantitative estimate of drug-likeness (QED) is 0.931. The lowest BCUT2D eigenvalue weighted by Crippen LogP contribution is -2.56. The van der Waals surface area contributed by atoms with E-state index in [4.69, 9.17) is 5.73 Å². The van der Waals surface area contributed by atoms with Crippen LogP contribution in [0.4, 0.5) is 0 Å². The number of nitriles is 1. The number of nitrogens with zero attached hydrogens (tertiary/aromatic N) is 2. The van der Waals surface area contributed by atoms with Crippen molar-refractivity contribution < 1.29 is 4.79 Å². The fraction of sp³-hybridized carbons (Fsp3) is 0.579. The van der Waals surface area contributed by atoms with Gasteiger partial charge in [-0.05, 0) is 37.2 Å². The zero-order valence-electron chi connectivity index (χ0n) is 13.3. The van der Waals surface area contributed by atoms with Gasteiger partial charge in [0.15, 0.2) is 0 Å². The Balaban J connectivity index is 1.65. The van der Waals surface area contributed by atoms with Crippen LogP contribution < -0.4 is 5.73 Å². The standard InChI is InChI=1S/C19H23N3O/c20-12-15-10-13-11-16(13)22(15)18(23)17(21)19(8-4-5-9-19)14-6-2-1-3-7-14/h1-3,6-7,13,15-17H,4-5,8-11,21H2. The molecule has 1 aromatic rings. The maximum absolute atomic E-state index is 13.2. The van der Waals surface area contributed by atoms with Crippen LogP contribution in [0.5, 0.6) is 0 Å². The zero-order chi connectivity index (χ0) is 16.0. The Bertz CT molecular complexity index is 644. The van der Waals surface area contributed by atoms with E-state index in [0.29, 0.717) is 5.92 Å². The van der Waals surface area contributed by atoms with Crippen LogP contribution in [0.2, 0.25) is 0 Å². The van der Waals surface area contributed by atoms with Crippen molar-refractivity contribution >= 4 is 5.91 Å². The highest BCUT2D eigenvalue weighted by Crippen LogP contribution is 2.50. The average molecular weight is 309 g/mol. The van der Waals surface area contributed by atoms with Crippen LogP contribution in [0.15, 0.2) is 30.3 Å². The third-order valence-corrected chi connectivity index (χ3v) is 6.21. The molecule has 4 nitrogen and oxygen atoms in total. The Morgan fingerprint density at radius 1 is 1.26 bits per heavy atom. The van der Waals surface area contributed by atoms with E-state index in [0.717, 1.165) is 38.5 Å². The van der Waals surface area contributed by atoms with E-state index >= 15 is 0 Å². The van der Waals surface area contributed by atoms with Crippen molar-refractivity contribution in [2.75, 3.05) is 0 Å². The molecule has 0 spiro atoms. The summed E-state index contributed by atoms with van der Waals surface area (Å²) in [6.45, 7) is 0. The van der Waals surface area contributed by atoms with Gasteiger partial charge < -0.3 is 10.6 Å². The van der Waals surface area contributed by atoms with E-state index < -0.39 is 6.04 Å². The minimum Gasteiger partial charge on any atom is -0.322 e. The molecule has 3 aliphatic rings. The molecule has 2 aliphatic carbocycles. The van der Waals surface area contributed by atoms with Crippen molar-refractivity contribution in [3.05, 3.63) is 35.9 Å². The number of hydrogen-bond acceptors (Lipinski definition) is 3. The van der Waals surface area contributed by atoms with Crippen molar-refractivity contribution in [3.63, 3.8) is 0 Å². The topological polar surface area (TPSA) is 70.1 Å². The van der Waals surface area contributed by atoms with Gasteiger partial charge in [0.1, 0.15) is 6.04 Å². The Hall–Kier alpha value is -1.86. The van der Waals surface area contributed by atoms with Crippen molar-refractivity contribution in [2.24, 2.45) is 11.7 Å². The molecule has 4 rings (SSSR count). The van der Waals surface area contributed by atoms with Gasteiger partial charge in [0.2, 0.25) is 5.91 Å². The van der Waals surface area contributed by atoms with Crippen molar-refractivity contribution in [1.82, 2.24) is 4.90 Å². The van der Waals surface area contributed by atoms with Crippen LogP contribution in [0.25, 0.3) is 0 Å². The smallest absolute Gasteiger partial charge is 0.241 e. The molecule has 0 bridgehead atoms. The molecule has 4 heteroatoms. The van der Waals surface area contributed by atoms with Gasteiger partial charge in [-0.15, -0.1) is 0 Å². The molecule has 1 amide bonds. The number of benzene rings is 1. The molecule has 1 saturated heterocycles. The fourth-order valence-electron chi connectivity index (χ4n) is 4.84. The SMILES string of the molecule is N#CC1CC2CC2N1C(=O)C(N)C1(c2ccccc2)CCCC1. The van der Waals surface area contributed by atoms with Crippen LogP contribution in [-0.2, 0) is 10.2 Å². The number of fused-ring (bicyclic) bond motifs is 1. The van der Waals surface area contributed by atoms with Crippen molar-refractivity contribution in [2.45, 2.75) is 62.1 Å². The zero-order valence-corrected chi connectivity index (χ0v) is 13.3. The van der Waals surface area contributed by atoms with Gasteiger partial charge in [-0.1, -0.05) is 43.2 Å². The minimum atomic E-state index is -0.539. The Morgan fingerprint density at radius 2 is 1.96 bits per heavy atom. The fourth-order valence-corrected chi connectivity index (χ4v) is 4.84. The predicted molar refractivity (Wildman–Crippen MR) is 87.3 cm³/mol. The Labute approximate surface area is 137 Å². The highest BCUT2D eigenvalue weighted by Gasteiger charge is 2.57. The van der Waals surface area contributed by atoms with Gasteiger partial charge in [0.25, 0.3) is 0 Å². The number of amides is 1. The molecule has 1 heterocycles. The van der Waals surface area contributed by atoms with Gasteiger partial charge in [0.05, 0.1) is 12.1 Å². The number of carbonyl (C=O) groups excluding carboxylic acids is 1. The molecule has 2 N–H and O–H groups in total. The highest BCUT2D eigenvalue weighted by molar-refractivity contribution is 5.85. The number of carbonyl (C=O) groups is 1. The number of hydrogen-bond donors (Lipinski definition) is 1. The van der Waals surface area contributed by atoms with Gasteiger partial charge in [0, 0.05) is 11.5 Å². The lowest BCUT2D eigenvalue weighted by Gasteiger charge is -2.38. The summed E-state index contributed by atoms with van der Waals surface area (Å²) in [6, 6.07) is 12.0. The van der Waals surface area contributed by atoms with E-state index in [9.17, 15) is 10.1 Å². The average Bonchev–Trinajstić information content (AvgIpc) is 3.03. The lowest BCUT2D eigenvalue weighted by atomic mass is 9.72. The first-order chi connectivity index (χ1) is 11.2. The van der Waals surface area contributed by atoms with Gasteiger partial charge in [-0.2, -0.15) is 5.26 Å². The number of nitrogens with two attached hydrogens (primary N) is 1. The maximum atomic E-state index is 13.2. The molecule has 4 atom stereocenters. The van der Waals surface area contributed by atoms with E-state index in [2.05, 4.69) is 18.2 Å². The second-order valence-corrected chi connectivity index (χ2v) is 7.40. The van der Waals surface area contributed by atoms with Crippen LogP contribution >= 0.6 is 0 Å². The third kappa shape index (κ3) is 2.18. The predicted octanol–water partition coefficient (Wildman–Crippen LogP) is 2.34. The van der Waals surface area contributed by atoms with Crippen molar-refractivity contribution in [1.29, 1.82) is 5.26 Å². The first-order valence-electron chi connectivity index (χ1n) is 8.70. The summed E-state index contributed by atoms with van der Waals surface area (Å²) < 4.78 is 0. The van der Waals surface area contributed by atoms with Crippen LogP contribution in [-0.4, -0.2) is 28.9 Å². The molecule has 23 heavy (non-hydrogen) atoms. The minimum absolute atomic E-state index is 0.00713. The first-order valence-corrected chi connectivity index (χ1v) is 8.70. The second-order valence-electron chi connectivity index (χ2n) is 7.40. The Morgan fingerprint density at radius 3 is 2.61 bits per heavy atom. The number of rotatable bonds is 3. The largest absolute Gasteiger partial charge is 0.322 e. The van der Waals surface area contributed by atoms with Crippen molar-refractivity contribution in [3.8, 4) is 6.07 Å². The molecule has 3 fully saturated rings. The normalized spacial score (nSPS) is 32.2. The van der Waals surface area contributed by atoms with Crippen LogP contribution in [0.1, 0.15) is 44.1 Å². The summed E-state index contributed by atoms with van der Waals surface area (Å²) in [5, 5.41) is 9.37. The molecule has 120 valence electrons. The molecule has 1 aliphatic heterocycles. The molecule has 1 aromatic carbocycles. The Kier molecular flexibility index (Phi) is 3.42. The second kappa shape index (κ2) is 5.35. The highest BCUT2D eigenvalue weighted by atomic mass is 16.2. The molecular weight excluding hydrogens is 286 g/mol. The van der Waals surface area contributed by atoms with E-state index in [-0.39, 0.29) is 23.4 Å². The summed E-state index contributed by atoms with van der Waals surface area (Å²) >= 11 is 0. The van der Waals surface area contributed by atoms with Gasteiger partial charge >= 0.3 is 0 Å².